The molecule has 1 saturated heterocycles. The second-order valence-electron chi connectivity index (χ2n) is 6.16. The molecule has 1 N–H and O–H groups in total. The summed E-state index contributed by atoms with van der Waals surface area (Å²) in [6.45, 7) is 3.57. The largest absolute Gasteiger partial charge is 0.506 e. The highest BCUT2D eigenvalue weighted by molar-refractivity contribution is 5.85. The fraction of sp³-hybridized carbons (Fsp3) is 0.250. The number of nitrogens with zero attached hydrogens (tertiary/aromatic N) is 3. The molecule has 2 heterocycles. The third-order valence-electron chi connectivity index (χ3n) is 4.71. The van der Waals surface area contributed by atoms with Crippen molar-refractivity contribution in [1.82, 2.24) is 4.98 Å². The number of ether oxygens (including phenoxy) is 1. The Morgan fingerprint density at radius 3 is 2.44 bits per heavy atom. The maximum Gasteiger partial charge on any atom is 0.142 e. The van der Waals surface area contributed by atoms with Gasteiger partial charge in [0.25, 0.3) is 0 Å². The van der Waals surface area contributed by atoms with Crippen LogP contribution in [-0.4, -0.2) is 43.4 Å². The zero-order chi connectivity index (χ0) is 17.2. The third kappa shape index (κ3) is 2.93. The van der Waals surface area contributed by atoms with Crippen LogP contribution in [0.25, 0.3) is 10.9 Å². The van der Waals surface area contributed by atoms with E-state index in [0.717, 1.165) is 48.8 Å². The molecule has 1 aliphatic heterocycles. The van der Waals surface area contributed by atoms with Crippen LogP contribution >= 0.6 is 0 Å². The SMILES string of the molecule is COc1ccccc1N1CCN(c2ccc3cccc(O)c3n2)CC1. The number of piperazine rings is 1. The van der Waals surface area contributed by atoms with Crippen LogP contribution in [0.4, 0.5) is 11.5 Å². The lowest BCUT2D eigenvalue weighted by Gasteiger charge is -2.37. The molecule has 1 aromatic heterocycles. The number of anilines is 2. The van der Waals surface area contributed by atoms with Crippen molar-refractivity contribution in [2.75, 3.05) is 43.1 Å². The van der Waals surface area contributed by atoms with Crippen molar-refractivity contribution in [2.24, 2.45) is 0 Å². The molecule has 1 aliphatic rings. The molecule has 25 heavy (non-hydrogen) atoms. The van der Waals surface area contributed by atoms with Gasteiger partial charge in [0.2, 0.25) is 0 Å². The number of rotatable bonds is 3. The minimum absolute atomic E-state index is 0.229. The van der Waals surface area contributed by atoms with Crippen LogP contribution in [0.15, 0.2) is 54.6 Å². The van der Waals surface area contributed by atoms with E-state index in [0.29, 0.717) is 5.52 Å². The Bertz CT molecular complexity index is 889. The van der Waals surface area contributed by atoms with E-state index in [1.54, 1.807) is 13.2 Å². The number of aromatic nitrogens is 1. The summed E-state index contributed by atoms with van der Waals surface area (Å²) in [5, 5.41) is 11.0. The standard InChI is InChI=1S/C20H21N3O2/c1-25-18-8-3-2-6-16(18)22-11-13-23(14-12-22)19-10-9-15-5-4-7-17(24)20(15)21-19/h2-10,24H,11-14H2,1H3. The van der Waals surface area contributed by atoms with E-state index in [1.165, 1.54) is 0 Å². The van der Waals surface area contributed by atoms with E-state index in [-0.39, 0.29) is 5.75 Å². The Morgan fingerprint density at radius 1 is 0.880 bits per heavy atom. The molecule has 0 unspecified atom stereocenters. The van der Waals surface area contributed by atoms with Gasteiger partial charge in [0, 0.05) is 31.6 Å². The first-order valence-corrected chi connectivity index (χ1v) is 8.48. The van der Waals surface area contributed by atoms with E-state index in [9.17, 15) is 5.11 Å². The lowest BCUT2D eigenvalue weighted by molar-refractivity contribution is 0.413. The van der Waals surface area contributed by atoms with Gasteiger partial charge in [0.15, 0.2) is 0 Å². The maximum atomic E-state index is 10.0. The number of hydrogen-bond acceptors (Lipinski definition) is 5. The summed E-state index contributed by atoms with van der Waals surface area (Å²) in [6.07, 6.45) is 0. The second kappa shape index (κ2) is 6.51. The van der Waals surface area contributed by atoms with Gasteiger partial charge in [-0.15, -0.1) is 0 Å². The predicted molar refractivity (Wildman–Crippen MR) is 101 cm³/mol. The first kappa shape index (κ1) is 15.6. The summed E-state index contributed by atoms with van der Waals surface area (Å²) >= 11 is 0. The van der Waals surface area contributed by atoms with Gasteiger partial charge >= 0.3 is 0 Å². The summed E-state index contributed by atoms with van der Waals surface area (Å²) in [7, 11) is 1.71. The quantitative estimate of drug-likeness (QED) is 0.796. The van der Waals surface area contributed by atoms with Crippen molar-refractivity contribution in [2.45, 2.75) is 0 Å². The summed E-state index contributed by atoms with van der Waals surface area (Å²) in [5.41, 5.74) is 1.79. The van der Waals surface area contributed by atoms with Gasteiger partial charge in [-0.3, -0.25) is 0 Å². The molecule has 0 spiro atoms. The van der Waals surface area contributed by atoms with Crippen LogP contribution in [-0.2, 0) is 0 Å². The zero-order valence-corrected chi connectivity index (χ0v) is 14.2. The molecule has 0 aliphatic carbocycles. The molecule has 5 nitrogen and oxygen atoms in total. The minimum atomic E-state index is 0.229. The van der Waals surface area contributed by atoms with E-state index in [4.69, 9.17) is 4.74 Å². The van der Waals surface area contributed by atoms with Crippen molar-refractivity contribution in [3.05, 3.63) is 54.6 Å². The molecule has 4 rings (SSSR count). The van der Waals surface area contributed by atoms with Crippen LogP contribution in [0.2, 0.25) is 0 Å². The fourth-order valence-corrected chi connectivity index (χ4v) is 3.36. The Morgan fingerprint density at radius 2 is 1.64 bits per heavy atom. The molecular weight excluding hydrogens is 314 g/mol. The van der Waals surface area contributed by atoms with Gasteiger partial charge < -0.3 is 19.6 Å². The van der Waals surface area contributed by atoms with Crippen molar-refractivity contribution in [3.8, 4) is 11.5 Å². The zero-order valence-electron chi connectivity index (χ0n) is 14.2. The third-order valence-corrected chi connectivity index (χ3v) is 4.71. The number of pyridine rings is 1. The van der Waals surface area contributed by atoms with Gasteiger partial charge in [0.1, 0.15) is 22.8 Å². The Hall–Kier alpha value is -2.95. The molecule has 128 valence electrons. The highest BCUT2D eigenvalue weighted by atomic mass is 16.5. The molecule has 0 atom stereocenters. The van der Waals surface area contributed by atoms with Crippen LogP contribution < -0.4 is 14.5 Å². The summed E-state index contributed by atoms with van der Waals surface area (Å²) in [4.78, 5) is 9.27. The average molecular weight is 335 g/mol. The first-order chi connectivity index (χ1) is 12.3. The monoisotopic (exact) mass is 335 g/mol. The topological polar surface area (TPSA) is 48.8 Å². The summed E-state index contributed by atoms with van der Waals surface area (Å²) < 4.78 is 5.48. The van der Waals surface area contributed by atoms with Gasteiger partial charge in [-0.1, -0.05) is 24.3 Å². The number of hydrogen-bond donors (Lipinski definition) is 1. The Labute approximate surface area is 147 Å². The van der Waals surface area contributed by atoms with Crippen molar-refractivity contribution in [3.63, 3.8) is 0 Å². The van der Waals surface area contributed by atoms with Gasteiger partial charge in [0.05, 0.1) is 12.8 Å². The molecule has 3 aromatic rings. The molecule has 0 radical (unpaired) electrons. The number of aromatic hydroxyl groups is 1. The molecule has 0 amide bonds. The number of para-hydroxylation sites is 3. The lowest BCUT2D eigenvalue weighted by Crippen LogP contribution is -2.46. The lowest BCUT2D eigenvalue weighted by atomic mass is 10.2. The van der Waals surface area contributed by atoms with Crippen molar-refractivity contribution < 1.29 is 9.84 Å². The maximum absolute atomic E-state index is 10.0. The van der Waals surface area contributed by atoms with E-state index in [1.807, 2.05) is 42.5 Å². The van der Waals surface area contributed by atoms with Crippen molar-refractivity contribution in [1.29, 1.82) is 0 Å². The van der Waals surface area contributed by atoms with Gasteiger partial charge in [-0.2, -0.15) is 0 Å². The van der Waals surface area contributed by atoms with Crippen LogP contribution in [0.1, 0.15) is 0 Å². The molecule has 5 heteroatoms. The first-order valence-electron chi connectivity index (χ1n) is 8.48. The van der Waals surface area contributed by atoms with Gasteiger partial charge in [-0.05, 0) is 30.3 Å². The molecule has 0 bridgehead atoms. The highest BCUT2D eigenvalue weighted by Gasteiger charge is 2.20. The number of methoxy groups -OCH3 is 1. The minimum Gasteiger partial charge on any atom is -0.506 e. The summed E-state index contributed by atoms with van der Waals surface area (Å²) in [6, 6.07) is 17.7. The summed E-state index contributed by atoms with van der Waals surface area (Å²) in [5.74, 6) is 2.05. The fourth-order valence-electron chi connectivity index (χ4n) is 3.36. The average Bonchev–Trinajstić information content (AvgIpc) is 2.68. The highest BCUT2D eigenvalue weighted by Crippen LogP contribution is 2.30. The number of benzene rings is 2. The Balaban J connectivity index is 1.53. The van der Waals surface area contributed by atoms with E-state index in [2.05, 4.69) is 20.9 Å². The van der Waals surface area contributed by atoms with Gasteiger partial charge in [-0.25, -0.2) is 4.98 Å². The second-order valence-corrected chi connectivity index (χ2v) is 6.16. The van der Waals surface area contributed by atoms with Crippen LogP contribution in [0.5, 0.6) is 11.5 Å². The van der Waals surface area contributed by atoms with Crippen LogP contribution in [0, 0.1) is 0 Å². The van der Waals surface area contributed by atoms with Crippen molar-refractivity contribution >= 4 is 22.4 Å². The van der Waals surface area contributed by atoms with E-state index >= 15 is 0 Å². The molecular formula is C20H21N3O2. The smallest absolute Gasteiger partial charge is 0.142 e. The normalized spacial score (nSPS) is 14.8. The molecule has 1 fully saturated rings. The Kier molecular flexibility index (Phi) is 4.06. The van der Waals surface area contributed by atoms with Crippen LogP contribution in [0.3, 0.4) is 0 Å². The van der Waals surface area contributed by atoms with E-state index < -0.39 is 0 Å². The molecule has 2 aromatic carbocycles. The number of fused-ring (bicyclic) bond motifs is 1. The molecule has 0 saturated carbocycles. The number of phenolic OH excluding ortho intramolecular Hbond substituents is 1. The predicted octanol–water partition coefficient (Wildman–Crippen LogP) is 3.28. The number of phenols is 1.